The van der Waals surface area contributed by atoms with Crippen molar-refractivity contribution in [3.63, 3.8) is 0 Å². The second kappa shape index (κ2) is 11.5. The summed E-state index contributed by atoms with van der Waals surface area (Å²) in [6, 6.07) is 7.68. The van der Waals surface area contributed by atoms with Gasteiger partial charge in [-0.1, -0.05) is 0 Å². The molecule has 0 amide bonds. The van der Waals surface area contributed by atoms with Gasteiger partial charge in [0.1, 0.15) is 11.2 Å². The van der Waals surface area contributed by atoms with Gasteiger partial charge in [0.2, 0.25) is 11.5 Å². The van der Waals surface area contributed by atoms with Crippen LogP contribution in [0.2, 0.25) is 0 Å². The third kappa shape index (κ3) is 5.28. The van der Waals surface area contributed by atoms with Crippen molar-refractivity contribution in [1.29, 1.82) is 0 Å². The molecule has 2 aromatic carbocycles. The first-order valence-electron chi connectivity index (χ1n) is 11.8. The molecule has 1 aliphatic rings. The highest BCUT2D eigenvalue weighted by molar-refractivity contribution is 5.55. The Bertz CT molecular complexity index is 910. The van der Waals surface area contributed by atoms with Crippen molar-refractivity contribution in [3.05, 3.63) is 35.4 Å². The number of hydrogen-bond acceptors (Lipinski definition) is 9. The Hall–Kier alpha value is -2.88. The summed E-state index contributed by atoms with van der Waals surface area (Å²) < 4.78 is 51.7. The summed E-state index contributed by atoms with van der Waals surface area (Å²) in [5.41, 5.74) is 0.308. The fourth-order valence-corrected chi connectivity index (χ4v) is 4.61. The Morgan fingerprint density at radius 2 is 0.944 bits per heavy atom. The second-order valence-electron chi connectivity index (χ2n) is 8.86. The van der Waals surface area contributed by atoms with Crippen molar-refractivity contribution in [2.45, 2.75) is 51.3 Å². The fourth-order valence-electron chi connectivity index (χ4n) is 4.61. The van der Waals surface area contributed by atoms with Crippen LogP contribution in [0.1, 0.15) is 31.9 Å². The number of methoxy groups -OCH3 is 6. The monoisotopic (exact) mass is 506 g/mol. The topological polar surface area (TPSA) is 83.1 Å². The van der Waals surface area contributed by atoms with Crippen LogP contribution in [0.4, 0.5) is 0 Å². The van der Waals surface area contributed by atoms with E-state index < -0.39 is 17.7 Å². The molecule has 2 atom stereocenters. The summed E-state index contributed by atoms with van der Waals surface area (Å²) in [4.78, 5) is 0. The molecular formula is C27H38O9. The molecule has 0 spiro atoms. The molecule has 1 aliphatic heterocycles. The molecule has 1 fully saturated rings. The van der Waals surface area contributed by atoms with Gasteiger partial charge >= 0.3 is 0 Å². The molecule has 0 aromatic heterocycles. The van der Waals surface area contributed by atoms with Crippen LogP contribution >= 0.6 is 0 Å². The summed E-state index contributed by atoms with van der Waals surface area (Å²) in [7, 11) is 9.54. The lowest BCUT2D eigenvalue weighted by Crippen LogP contribution is -2.50. The zero-order chi connectivity index (χ0) is 26.5. The molecule has 2 unspecified atom stereocenters. The van der Waals surface area contributed by atoms with Gasteiger partial charge in [-0.15, -0.1) is 0 Å². The van der Waals surface area contributed by atoms with Gasteiger partial charge in [0.15, 0.2) is 23.0 Å². The van der Waals surface area contributed by atoms with Gasteiger partial charge in [0.25, 0.3) is 6.48 Å². The Labute approximate surface area is 213 Å². The molecule has 0 N–H and O–H groups in total. The Morgan fingerprint density at radius 3 is 1.19 bits per heavy atom. The Morgan fingerprint density at radius 1 is 0.611 bits per heavy atom. The van der Waals surface area contributed by atoms with E-state index in [1.165, 1.54) is 0 Å². The van der Waals surface area contributed by atoms with Crippen molar-refractivity contribution in [1.82, 2.24) is 0 Å². The van der Waals surface area contributed by atoms with E-state index in [0.717, 1.165) is 11.1 Å². The van der Waals surface area contributed by atoms with Crippen LogP contribution in [0, 0.1) is 0 Å². The standard InChI is InChI=1S/C27H38O9/c1-10-34-25-35-26(2,15-17-11-19(28-4)23(32-8)20(12-17)29-5)27(3,36-25)16-18-13-21(30-6)24(33-9)22(14-18)31-7/h11-14,25H,10,15-16H2,1-9H3. The summed E-state index contributed by atoms with van der Waals surface area (Å²) in [6.07, 6.45) is 0.989. The van der Waals surface area contributed by atoms with E-state index in [1.54, 1.807) is 42.7 Å². The van der Waals surface area contributed by atoms with Crippen molar-refractivity contribution in [2.24, 2.45) is 0 Å². The van der Waals surface area contributed by atoms with Gasteiger partial charge in [-0.3, -0.25) is 0 Å². The van der Waals surface area contributed by atoms with Gasteiger partial charge in [-0.2, -0.15) is 0 Å². The molecule has 0 radical (unpaired) electrons. The second-order valence-corrected chi connectivity index (χ2v) is 8.86. The Kier molecular flexibility index (Phi) is 8.81. The predicted molar refractivity (Wildman–Crippen MR) is 134 cm³/mol. The summed E-state index contributed by atoms with van der Waals surface area (Å²) in [6.45, 7) is 5.58. The summed E-state index contributed by atoms with van der Waals surface area (Å²) in [5, 5.41) is 0. The molecule has 3 rings (SSSR count). The first kappa shape index (κ1) is 27.7. The maximum absolute atomic E-state index is 6.40. The maximum Gasteiger partial charge on any atom is 0.272 e. The van der Waals surface area contributed by atoms with Crippen LogP contribution < -0.4 is 28.4 Å². The van der Waals surface area contributed by atoms with Gasteiger partial charge in [0.05, 0.1) is 42.7 Å². The van der Waals surface area contributed by atoms with Crippen LogP contribution in [0.3, 0.4) is 0 Å². The fraction of sp³-hybridized carbons (Fsp3) is 0.556. The van der Waals surface area contributed by atoms with Gasteiger partial charge in [-0.25, -0.2) is 0 Å². The van der Waals surface area contributed by atoms with Gasteiger partial charge in [0, 0.05) is 19.4 Å². The lowest BCUT2D eigenvalue weighted by molar-refractivity contribution is -0.253. The van der Waals surface area contributed by atoms with E-state index in [0.29, 0.717) is 53.9 Å². The van der Waals surface area contributed by atoms with E-state index in [9.17, 15) is 0 Å². The normalized spacial score (nSPS) is 23.3. The quantitative estimate of drug-likeness (QED) is 0.416. The number of hydrogen-bond donors (Lipinski definition) is 0. The van der Waals surface area contributed by atoms with E-state index in [-0.39, 0.29) is 0 Å². The minimum Gasteiger partial charge on any atom is -0.493 e. The number of benzene rings is 2. The lowest BCUT2D eigenvalue weighted by atomic mass is 9.77. The summed E-state index contributed by atoms with van der Waals surface area (Å²) >= 11 is 0. The highest BCUT2D eigenvalue weighted by Gasteiger charge is 2.56. The molecule has 2 aromatic rings. The van der Waals surface area contributed by atoms with E-state index >= 15 is 0 Å². The van der Waals surface area contributed by atoms with Crippen LogP contribution in [0.25, 0.3) is 0 Å². The zero-order valence-corrected chi connectivity index (χ0v) is 22.7. The van der Waals surface area contributed by atoms with Crippen molar-refractivity contribution >= 4 is 0 Å². The molecule has 9 heteroatoms. The minimum absolute atomic E-state index is 0.450. The van der Waals surface area contributed by atoms with Gasteiger partial charge in [-0.05, 0) is 56.2 Å². The first-order chi connectivity index (χ1) is 17.2. The van der Waals surface area contributed by atoms with Gasteiger partial charge < -0.3 is 42.6 Å². The summed E-state index contributed by atoms with van der Waals surface area (Å²) in [5.74, 6) is 3.35. The first-order valence-corrected chi connectivity index (χ1v) is 11.8. The lowest BCUT2D eigenvalue weighted by Gasteiger charge is -2.38. The molecule has 36 heavy (non-hydrogen) atoms. The smallest absolute Gasteiger partial charge is 0.272 e. The van der Waals surface area contributed by atoms with Crippen LogP contribution in [0.5, 0.6) is 34.5 Å². The minimum atomic E-state index is -0.811. The Balaban J connectivity index is 2.03. The van der Waals surface area contributed by atoms with Crippen molar-refractivity contribution in [3.8, 4) is 34.5 Å². The van der Waals surface area contributed by atoms with E-state index in [4.69, 9.17) is 42.6 Å². The molecular weight excluding hydrogens is 468 g/mol. The number of ether oxygens (including phenoxy) is 9. The van der Waals surface area contributed by atoms with E-state index in [2.05, 4.69) is 0 Å². The van der Waals surface area contributed by atoms with Crippen molar-refractivity contribution in [2.75, 3.05) is 49.3 Å². The number of rotatable bonds is 12. The van der Waals surface area contributed by atoms with Crippen LogP contribution in [0.15, 0.2) is 24.3 Å². The van der Waals surface area contributed by atoms with Crippen LogP contribution in [-0.4, -0.2) is 66.9 Å². The molecule has 1 saturated heterocycles. The molecule has 0 saturated carbocycles. The molecule has 1 heterocycles. The van der Waals surface area contributed by atoms with Crippen molar-refractivity contribution < 1.29 is 42.6 Å². The predicted octanol–water partition coefficient (Wildman–Crippen LogP) is 4.41. The van der Waals surface area contributed by atoms with E-state index in [1.807, 2.05) is 45.0 Å². The molecule has 200 valence electrons. The van der Waals surface area contributed by atoms with Crippen LogP contribution in [-0.2, 0) is 27.1 Å². The molecule has 0 aliphatic carbocycles. The largest absolute Gasteiger partial charge is 0.493 e. The maximum atomic E-state index is 6.40. The highest BCUT2D eigenvalue weighted by atomic mass is 16.9. The highest BCUT2D eigenvalue weighted by Crippen LogP contribution is 2.47. The molecule has 9 nitrogen and oxygen atoms in total. The SMILES string of the molecule is CCOC1OC(C)(Cc2cc(OC)c(OC)c(OC)c2)C(C)(Cc2cc(OC)c(OC)c(OC)c2)O1. The third-order valence-electron chi connectivity index (χ3n) is 6.67. The average molecular weight is 507 g/mol. The zero-order valence-electron chi connectivity index (χ0n) is 22.7. The average Bonchev–Trinajstić information content (AvgIpc) is 3.10. The third-order valence-corrected chi connectivity index (χ3v) is 6.67. The molecule has 0 bridgehead atoms.